The Bertz CT molecular complexity index is 504. The van der Waals surface area contributed by atoms with Crippen LogP contribution in [0.4, 0.5) is 0 Å². The molecule has 0 bridgehead atoms. The van der Waals surface area contributed by atoms with Crippen molar-refractivity contribution in [2.24, 2.45) is 11.1 Å². The normalized spacial score (nSPS) is 20.5. The predicted octanol–water partition coefficient (Wildman–Crippen LogP) is 3.35. The van der Waals surface area contributed by atoms with Gasteiger partial charge in [0.15, 0.2) is 0 Å². The third-order valence-corrected chi connectivity index (χ3v) is 5.17. The van der Waals surface area contributed by atoms with Crippen molar-refractivity contribution in [1.29, 1.82) is 0 Å². The number of carbonyl (C=O) groups is 1. The Hall–Kier alpha value is -1.06. The van der Waals surface area contributed by atoms with Gasteiger partial charge in [-0.15, -0.1) is 0 Å². The van der Waals surface area contributed by atoms with Gasteiger partial charge in [-0.05, 0) is 43.4 Å². The molecule has 2 aliphatic carbocycles. The van der Waals surface area contributed by atoms with E-state index in [9.17, 15) is 4.79 Å². The van der Waals surface area contributed by atoms with Crippen molar-refractivity contribution in [3.8, 4) is 0 Å². The highest BCUT2D eigenvalue weighted by Crippen LogP contribution is 2.41. The summed E-state index contributed by atoms with van der Waals surface area (Å²) in [7, 11) is 0. The summed E-state index contributed by atoms with van der Waals surface area (Å²) in [5.41, 5.74) is 6.82. The average Bonchev–Trinajstić information content (AvgIpc) is 3.22. The maximum Gasteiger partial charge on any atom is 0.230 e. The maximum atomic E-state index is 13.1. The summed E-state index contributed by atoms with van der Waals surface area (Å²) >= 11 is 5.94. The van der Waals surface area contributed by atoms with Crippen LogP contribution in [-0.2, 0) is 11.3 Å². The number of carbonyl (C=O) groups excluding carboxylic acids is 1. The molecule has 3 rings (SSSR count). The van der Waals surface area contributed by atoms with E-state index >= 15 is 0 Å². The first-order valence-corrected chi connectivity index (χ1v) is 8.28. The van der Waals surface area contributed by atoms with E-state index in [0.717, 1.165) is 49.1 Å². The number of hydrogen-bond acceptors (Lipinski definition) is 2. The van der Waals surface area contributed by atoms with Crippen LogP contribution in [0.3, 0.4) is 0 Å². The molecule has 3 nitrogen and oxygen atoms in total. The molecular weight excluding hydrogens is 284 g/mol. The van der Waals surface area contributed by atoms with E-state index in [4.69, 9.17) is 17.3 Å². The first-order valence-electron chi connectivity index (χ1n) is 7.90. The van der Waals surface area contributed by atoms with E-state index in [0.29, 0.717) is 19.1 Å². The molecule has 4 heteroatoms. The van der Waals surface area contributed by atoms with E-state index in [1.165, 1.54) is 0 Å². The summed E-state index contributed by atoms with van der Waals surface area (Å²) in [6.45, 7) is 1.16. The summed E-state index contributed by atoms with van der Waals surface area (Å²) in [5.74, 6) is 0.278. The topological polar surface area (TPSA) is 46.3 Å². The number of amides is 1. The van der Waals surface area contributed by atoms with Crippen molar-refractivity contribution in [3.63, 3.8) is 0 Å². The van der Waals surface area contributed by atoms with Crippen LogP contribution < -0.4 is 5.73 Å². The molecule has 0 atom stereocenters. The van der Waals surface area contributed by atoms with Gasteiger partial charge in [0.25, 0.3) is 0 Å². The molecule has 0 heterocycles. The van der Waals surface area contributed by atoms with Gasteiger partial charge in [-0.3, -0.25) is 4.79 Å². The fourth-order valence-electron chi connectivity index (χ4n) is 3.40. The molecule has 0 saturated heterocycles. The van der Waals surface area contributed by atoms with Gasteiger partial charge < -0.3 is 10.6 Å². The molecule has 2 fully saturated rings. The molecule has 0 spiro atoms. The predicted molar refractivity (Wildman–Crippen MR) is 85.0 cm³/mol. The second-order valence-corrected chi connectivity index (χ2v) is 6.92. The highest BCUT2D eigenvalue weighted by molar-refractivity contribution is 6.30. The van der Waals surface area contributed by atoms with Crippen molar-refractivity contribution >= 4 is 17.5 Å². The van der Waals surface area contributed by atoms with Crippen molar-refractivity contribution < 1.29 is 4.79 Å². The molecular formula is C17H23ClN2O. The zero-order valence-electron chi connectivity index (χ0n) is 12.4. The lowest BCUT2D eigenvalue weighted by Crippen LogP contribution is -2.47. The van der Waals surface area contributed by atoms with Gasteiger partial charge in [0.1, 0.15) is 0 Å². The Labute approximate surface area is 131 Å². The van der Waals surface area contributed by atoms with Crippen molar-refractivity contribution in [2.45, 2.75) is 51.1 Å². The first kappa shape index (κ1) is 14.9. The second-order valence-electron chi connectivity index (χ2n) is 6.48. The zero-order chi connectivity index (χ0) is 14.9. The van der Waals surface area contributed by atoms with Crippen LogP contribution in [0.1, 0.15) is 44.1 Å². The summed E-state index contributed by atoms with van der Waals surface area (Å²) in [6, 6.07) is 8.21. The second kappa shape index (κ2) is 5.98. The van der Waals surface area contributed by atoms with E-state index in [1.807, 2.05) is 24.3 Å². The number of rotatable bonds is 5. The lowest BCUT2D eigenvalue weighted by molar-refractivity contribution is -0.142. The highest BCUT2D eigenvalue weighted by atomic mass is 35.5. The zero-order valence-corrected chi connectivity index (χ0v) is 13.1. The molecule has 114 valence electrons. The number of nitrogens with zero attached hydrogens (tertiary/aromatic N) is 1. The minimum Gasteiger partial charge on any atom is -0.335 e. The fraction of sp³-hybridized carbons (Fsp3) is 0.588. The van der Waals surface area contributed by atoms with E-state index in [-0.39, 0.29) is 11.3 Å². The van der Waals surface area contributed by atoms with Crippen LogP contribution in [0.15, 0.2) is 24.3 Å². The third-order valence-electron chi connectivity index (χ3n) is 4.92. The Balaban J connectivity index is 1.78. The Morgan fingerprint density at radius 2 is 1.86 bits per heavy atom. The largest absolute Gasteiger partial charge is 0.335 e. The summed E-state index contributed by atoms with van der Waals surface area (Å²) in [6.07, 6.45) is 6.41. The van der Waals surface area contributed by atoms with E-state index in [1.54, 1.807) is 0 Å². The molecule has 2 aliphatic rings. The van der Waals surface area contributed by atoms with E-state index in [2.05, 4.69) is 4.90 Å². The first-order chi connectivity index (χ1) is 10.1. The number of hydrogen-bond donors (Lipinski definition) is 1. The van der Waals surface area contributed by atoms with Crippen LogP contribution in [-0.4, -0.2) is 23.4 Å². The molecule has 0 unspecified atom stereocenters. The number of nitrogens with two attached hydrogens (primary N) is 1. The van der Waals surface area contributed by atoms with Crippen molar-refractivity contribution in [2.75, 3.05) is 6.54 Å². The average molecular weight is 307 g/mol. The SMILES string of the molecule is NCC1(C(=O)N(Cc2ccc(Cl)cc2)C2CC2)CCCC1. The number of halogens is 1. The monoisotopic (exact) mass is 306 g/mol. The molecule has 0 radical (unpaired) electrons. The van der Waals surface area contributed by atoms with Crippen LogP contribution in [0, 0.1) is 5.41 Å². The smallest absolute Gasteiger partial charge is 0.230 e. The summed E-state index contributed by atoms with van der Waals surface area (Å²) < 4.78 is 0. The molecule has 2 N–H and O–H groups in total. The van der Waals surface area contributed by atoms with Crippen molar-refractivity contribution in [1.82, 2.24) is 4.90 Å². The lowest BCUT2D eigenvalue weighted by atomic mass is 9.84. The van der Waals surface area contributed by atoms with E-state index < -0.39 is 0 Å². The van der Waals surface area contributed by atoms with Gasteiger partial charge >= 0.3 is 0 Å². The molecule has 21 heavy (non-hydrogen) atoms. The van der Waals surface area contributed by atoms with Gasteiger partial charge in [-0.1, -0.05) is 36.6 Å². The molecule has 0 aliphatic heterocycles. The van der Waals surface area contributed by atoms with Gasteiger partial charge in [0.05, 0.1) is 5.41 Å². The molecule has 1 aromatic rings. The van der Waals surface area contributed by atoms with Crippen LogP contribution in [0.2, 0.25) is 5.02 Å². The van der Waals surface area contributed by atoms with Gasteiger partial charge in [-0.2, -0.15) is 0 Å². The Morgan fingerprint density at radius 3 is 2.38 bits per heavy atom. The van der Waals surface area contributed by atoms with Crippen molar-refractivity contribution in [3.05, 3.63) is 34.9 Å². The lowest BCUT2D eigenvalue weighted by Gasteiger charge is -2.34. The standard InChI is InChI=1S/C17H23ClN2O/c18-14-5-3-13(4-6-14)11-20(15-7-8-15)16(21)17(12-19)9-1-2-10-17/h3-6,15H,1-2,7-12,19H2. The summed E-state index contributed by atoms with van der Waals surface area (Å²) in [4.78, 5) is 15.1. The molecule has 1 aromatic carbocycles. The fourth-order valence-corrected chi connectivity index (χ4v) is 3.53. The van der Waals surface area contributed by atoms with Gasteiger partial charge in [0.2, 0.25) is 5.91 Å². The van der Waals surface area contributed by atoms with Gasteiger partial charge in [0, 0.05) is 24.2 Å². The Morgan fingerprint density at radius 1 is 1.24 bits per heavy atom. The van der Waals surface area contributed by atoms with Gasteiger partial charge in [-0.25, -0.2) is 0 Å². The maximum absolute atomic E-state index is 13.1. The quantitative estimate of drug-likeness (QED) is 0.907. The molecule has 2 saturated carbocycles. The Kier molecular flexibility index (Phi) is 4.23. The molecule has 0 aromatic heterocycles. The minimum atomic E-state index is -0.297. The highest BCUT2D eigenvalue weighted by Gasteiger charge is 2.45. The minimum absolute atomic E-state index is 0.278. The van der Waals surface area contributed by atoms with Crippen LogP contribution >= 0.6 is 11.6 Å². The summed E-state index contributed by atoms with van der Waals surface area (Å²) in [5, 5.41) is 0.734. The van der Waals surface area contributed by atoms with Crippen LogP contribution in [0.5, 0.6) is 0 Å². The number of benzene rings is 1. The van der Waals surface area contributed by atoms with Crippen LogP contribution in [0.25, 0.3) is 0 Å². The molecule has 1 amide bonds. The third kappa shape index (κ3) is 3.09.